The van der Waals surface area contributed by atoms with Crippen molar-refractivity contribution in [3.8, 4) is 0 Å². The third-order valence-electron chi connectivity index (χ3n) is 1.78. The summed E-state index contributed by atoms with van der Waals surface area (Å²) in [7, 11) is 0. The van der Waals surface area contributed by atoms with Gasteiger partial charge in [-0.15, -0.1) is 5.10 Å². The maximum atomic E-state index is 5.56. The molecular weight excluding hydrogens is 160 g/mol. The molecule has 0 aromatic carbocycles. The SMILES string of the molecule is CSC(CN)C1(C)C=NN=N1. The smallest absolute Gasteiger partial charge is 0.131 e. The summed E-state index contributed by atoms with van der Waals surface area (Å²) in [5.74, 6) is 0. The Kier molecular flexibility index (Phi) is 2.62. The van der Waals surface area contributed by atoms with Crippen molar-refractivity contribution in [3.63, 3.8) is 0 Å². The first-order chi connectivity index (χ1) is 5.23. The van der Waals surface area contributed by atoms with E-state index in [0.29, 0.717) is 6.54 Å². The molecule has 0 saturated carbocycles. The molecule has 2 unspecified atom stereocenters. The van der Waals surface area contributed by atoms with Gasteiger partial charge in [0.05, 0.1) is 6.21 Å². The standard InChI is InChI=1S/C6H12N4S/c1-6(4-8-10-9-6)5(3-7)11-2/h4-5H,3,7H2,1-2H3. The highest BCUT2D eigenvalue weighted by molar-refractivity contribution is 7.99. The van der Waals surface area contributed by atoms with Gasteiger partial charge >= 0.3 is 0 Å². The van der Waals surface area contributed by atoms with Gasteiger partial charge in [-0.1, -0.05) is 0 Å². The molecule has 0 aromatic rings. The van der Waals surface area contributed by atoms with E-state index < -0.39 is 0 Å². The molecule has 0 spiro atoms. The Morgan fingerprint density at radius 1 is 1.73 bits per heavy atom. The van der Waals surface area contributed by atoms with Gasteiger partial charge in [0.2, 0.25) is 0 Å². The highest BCUT2D eigenvalue weighted by Crippen LogP contribution is 2.25. The van der Waals surface area contributed by atoms with Crippen LogP contribution in [0.15, 0.2) is 15.4 Å². The average molecular weight is 172 g/mol. The summed E-state index contributed by atoms with van der Waals surface area (Å²) < 4.78 is 0. The Labute approximate surface area is 70.3 Å². The molecule has 0 radical (unpaired) electrons. The van der Waals surface area contributed by atoms with Crippen LogP contribution >= 0.6 is 11.8 Å². The normalized spacial score (nSPS) is 31.2. The molecule has 0 aliphatic carbocycles. The lowest BCUT2D eigenvalue weighted by atomic mass is 10.0. The monoisotopic (exact) mass is 172 g/mol. The van der Waals surface area contributed by atoms with Gasteiger partial charge in [0.1, 0.15) is 5.54 Å². The molecule has 0 bridgehead atoms. The van der Waals surface area contributed by atoms with Gasteiger partial charge in [-0.05, 0) is 18.4 Å². The van der Waals surface area contributed by atoms with E-state index in [-0.39, 0.29) is 10.8 Å². The number of thioether (sulfide) groups is 1. The first-order valence-corrected chi connectivity index (χ1v) is 4.71. The van der Waals surface area contributed by atoms with Crippen molar-refractivity contribution in [3.05, 3.63) is 0 Å². The predicted octanol–water partition coefficient (Wildman–Crippen LogP) is 0.887. The summed E-state index contributed by atoms with van der Waals surface area (Å²) in [6, 6.07) is 0. The zero-order valence-corrected chi connectivity index (χ0v) is 7.51. The number of rotatable bonds is 3. The maximum Gasteiger partial charge on any atom is 0.131 e. The number of hydrogen-bond donors (Lipinski definition) is 1. The van der Waals surface area contributed by atoms with E-state index in [1.165, 1.54) is 0 Å². The van der Waals surface area contributed by atoms with Crippen molar-refractivity contribution >= 4 is 18.0 Å². The van der Waals surface area contributed by atoms with Crippen LogP contribution in [-0.4, -0.2) is 29.8 Å². The Balaban J connectivity index is 2.70. The van der Waals surface area contributed by atoms with Crippen LogP contribution in [0, 0.1) is 0 Å². The van der Waals surface area contributed by atoms with Gasteiger partial charge in [0.25, 0.3) is 0 Å². The van der Waals surface area contributed by atoms with Crippen LogP contribution in [0.2, 0.25) is 0 Å². The molecule has 0 fully saturated rings. The minimum absolute atomic E-state index is 0.275. The Hall–Kier alpha value is -0.420. The van der Waals surface area contributed by atoms with E-state index in [0.717, 1.165) is 0 Å². The largest absolute Gasteiger partial charge is 0.329 e. The molecule has 2 atom stereocenters. The third-order valence-corrected chi connectivity index (χ3v) is 3.02. The van der Waals surface area contributed by atoms with E-state index in [4.69, 9.17) is 5.73 Å². The molecule has 2 N–H and O–H groups in total. The lowest BCUT2D eigenvalue weighted by molar-refractivity contribution is 0.593. The molecule has 62 valence electrons. The van der Waals surface area contributed by atoms with Crippen molar-refractivity contribution in [2.24, 2.45) is 21.2 Å². The maximum absolute atomic E-state index is 5.56. The van der Waals surface area contributed by atoms with Crippen LogP contribution in [0.3, 0.4) is 0 Å². The van der Waals surface area contributed by atoms with Gasteiger partial charge in [0.15, 0.2) is 0 Å². The Morgan fingerprint density at radius 3 is 2.82 bits per heavy atom. The molecule has 0 saturated heterocycles. The molecular formula is C6H12N4S. The van der Waals surface area contributed by atoms with Crippen molar-refractivity contribution in [1.29, 1.82) is 0 Å². The van der Waals surface area contributed by atoms with E-state index in [1.807, 2.05) is 13.2 Å². The van der Waals surface area contributed by atoms with E-state index in [2.05, 4.69) is 15.4 Å². The second-order valence-electron chi connectivity index (χ2n) is 2.62. The van der Waals surface area contributed by atoms with Gasteiger partial charge in [-0.2, -0.15) is 16.9 Å². The van der Waals surface area contributed by atoms with Gasteiger partial charge < -0.3 is 5.73 Å². The van der Waals surface area contributed by atoms with Crippen molar-refractivity contribution < 1.29 is 0 Å². The molecule has 0 amide bonds. The highest BCUT2D eigenvalue weighted by Gasteiger charge is 2.33. The third kappa shape index (κ3) is 1.59. The lowest BCUT2D eigenvalue weighted by Gasteiger charge is -2.23. The lowest BCUT2D eigenvalue weighted by Crippen LogP contribution is -2.40. The highest BCUT2D eigenvalue weighted by atomic mass is 32.2. The van der Waals surface area contributed by atoms with Crippen molar-refractivity contribution in [1.82, 2.24) is 0 Å². The first-order valence-electron chi connectivity index (χ1n) is 3.42. The van der Waals surface area contributed by atoms with E-state index in [9.17, 15) is 0 Å². The number of hydrogen-bond acceptors (Lipinski definition) is 5. The Morgan fingerprint density at radius 2 is 2.45 bits per heavy atom. The fourth-order valence-corrected chi connectivity index (χ4v) is 1.79. The van der Waals surface area contributed by atoms with Crippen LogP contribution < -0.4 is 5.73 Å². The van der Waals surface area contributed by atoms with Crippen LogP contribution in [0.5, 0.6) is 0 Å². The summed E-state index contributed by atoms with van der Waals surface area (Å²) in [6.07, 6.45) is 3.77. The van der Waals surface area contributed by atoms with Crippen LogP contribution in [0.1, 0.15) is 6.92 Å². The van der Waals surface area contributed by atoms with Crippen LogP contribution in [0.4, 0.5) is 0 Å². The summed E-state index contributed by atoms with van der Waals surface area (Å²) in [5, 5.41) is 11.6. The quantitative estimate of drug-likeness (QED) is 0.687. The molecule has 11 heavy (non-hydrogen) atoms. The average Bonchev–Trinajstić information content (AvgIpc) is 2.39. The first kappa shape index (κ1) is 8.67. The second kappa shape index (κ2) is 3.32. The zero-order valence-electron chi connectivity index (χ0n) is 6.69. The van der Waals surface area contributed by atoms with Gasteiger partial charge in [-0.25, -0.2) is 0 Å². The second-order valence-corrected chi connectivity index (χ2v) is 3.66. The van der Waals surface area contributed by atoms with Gasteiger partial charge in [0, 0.05) is 11.8 Å². The molecule has 1 aliphatic heterocycles. The zero-order chi connectivity index (χ0) is 8.32. The molecule has 5 heteroatoms. The molecule has 1 rings (SSSR count). The van der Waals surface area contributed by atoms with Crippen molar-refractivity contribution in [2.45, 2.75) is 17.7 Å². The van der Waals surface area contributed by atoms with Crippen LogP contribution in [0.25, 0.3) is 0 Å². The van der Waals surface area contributed by atoms with Crippen LogP contribution in [-0.2, 0) is 0 Å². The number of nitrogens with two attached hydrogens (primary N) is 1. The summed E-state index contributed by atoms with van der Waals surface area (Å²) in [4.78, 5) is 0. The molecule has 1 heterocycles. The molecule has 1 aliphatic rings. The number of nitrogens with zero attached hydrogens (tertiary/aromatic N) is 3. The fourth-order valence-electron chi connectivity index (χ4n) is 1.01. The predicted molar refractivity (Wildman–Crippen MR) is 48.1 cm³/mol. The minimum atomic E-state index is -0.284. The van der Waals surface area contributed by atoms with Crippen molar-refractivity contribution in [2.75, 3.05) is 12.8 Å². The topological polar surface area (TPSA) is 63.1 Å². The summed E-state index contributed by atoms with van der Waals surface area (Å²) in [5.41, 5.74) is 5.28. The Bertz CT molecular complexity index is 173. The molecule has 0 aromatic heterocycles. The van der Waals surface area contributed by atoms with Gasteiger partial charge in [-0.3, -0.25) is 0 Å². The summed E-state index contributed by atoms with van der Waals surface area (Å²) >= 11 is 1.70. The van der Waals surface area contributed by atoms with E-state index >= 15 is 0 Å². The van der Waals surface area contributed by atoms with E-state index in [1.54, 1.807) is 18.0 Å². The minimum Gasteiger partial charge on any atom is -0.329 e. The molecule has 4 nitrogen and oxygen atoms in total. The fraction of sp³-hybridized carbons (Fsp3) is 0.833. The summed E-state index contributed by atoms with van der Waals surface area (Å²) in [6.45, 7) is 2.59.